The summed E-state index contributed by atoms with van der Waals surface area (Å²) >= 11 is 0. The highest BCUT2D eigenvalue weighted by Crippen LogP contribution is 2.28. The Kier molecular flexibility index (Phi) is 6.38. The van der Waals surface area contributed by atoms with Crippen LogP contribution >= 0.6 is 0 Å². The van der Waals surface area contributed by atoms with Crippen molar-refractivity contribution in [3.63, 3.8) is 0 Å². The van der Waals surface area contributed by atoms with Crippen molar-refractivity contribution >= 4 is 16.6 Å². The number of nitrogens with zero attached hydrogens (tertiary/aromatic N) is 4. The number of nitrogen functional groups attached to an aromatic ring is 1. The molecule has 0 aliphatic carbocycles. The topological polar surface area (TPSA) is 134 Å². The third-order valence-electron chi connectivity index (χ3n) is 4.87. The summed E-state index contributed by atoms with van der Waals surface area (Å²) < 4.78 is 18.1. The van der Waals surface area contributed by atoms with Crippen LogP contribution in [-0.4, -0.2) is 36.2 Å². The van der Waals surface area contributed by atoms with Gasteiger partial charge in [-0.1, -0.05) is 38.1 Å². The predicted octanol–water partition coefficient (Wildman–Crippen LogP) is 3.46. The smallest absolute Gasteiger partial charge is 0.270 e. The molecule has 0 fully saturated rings. The van der Waals surface area contributed by atoms with Crippen molar-refractivity contribution < 1.29 is 8.63 Å². The van der Waals surface area contributed by atoms with Gasteiger partial charge in [0.1, 0.15) is 0 Å². The minimum Gasteiger partial charge on any atom is -0.414 e. The van der Waals surface area contributed by atoms with Crippen molar-refractivity contribution in [2.24, 2.45) is 5.73 Å². The lowest BCUT2D eigenvalue weighted by molar-refractivity contribution is 0.582. The first-order chi connectivity index (χ1) is 15.5. The summed E-state index contributed by atoms with van der Waals surface area (Å²) in [4.78, 5) is 9.61. The molecule has 164 valence electrons. The van der Waals surface area contributed by atoms with Crippen molar-refractivity contribution in [1.29, 1.82) is 0 Å². The molecule has 1 unspecified atom stereocenters. The molecular weight excluding hydrogens is 424 g/mol. The highest BCUT2D eigenvalue weighted by molar-refractivity contribution is 7.85. The molecule has 2 aromatic heterocycles. The average Bonchev–Trinajstić information content (AvgIpc) is 3.30. The molecule has 32 heavy (non-hydrogen) atoms. The second-order valence-corrected chi connectivity index (χ2v) is 9.52. The molecule has 8 nitrogen and oxygen atoms in total. The van der Waals surface area contributed by atoms with E-state index in [1.165, 1.54) is 0 Å². The molecule has 0 spiro atoms. The first-order valence-corrected chi connectivity index (χ1v) is 11.4. The molecule has 0 saturated carbocycles. The van der Waals surface area contributed by atoms with E-state index in [0.717, 1.165) is 28.0 Å². The van der Waals surface area contributed by atoms with Crippen LogP contribution in [0.4, 0.5) is 5.82 Å². The zero-order valence-electron chi connectivity index (χ0n) is 17.9. The molecule has 9 heteroatoms. The summed E-state index contributed by atoms with van der Waals surface area (Å²) in [6.45, 7) is 4.44. The lowest BCUT2D eigenvalue weighted by Crippen LogP contribution is -2.05. The Morgan fingerprint density at radius 2 is 1.62 bits per heavy atom. The van der Waals surface area contributed by atoms with Crippen LogP contribution in [0.25, 0.3) is 34.3 Å². The number of rotatable bonds is 7. The predicted molar refractivity (Wildman–Crippen MR) is 125 cm³/mol. The van der Waals surface area contributed by atoms with Crippen LogP contribution in [0.3, 0.4) is 0 Å². The summed E-state index contributed by atoms with van der Waals surface area (Å²) in [5, 5.41) is 8.29. The van der Waals surface area contributed by atoms with Gasteiger partial charge in [0, 0.05) is 21.3 Å². The van der Waals surface area contributed by atoms with E-state index in [9.17, 15) is 4.21 Å². The summed E-state index contributed by atoms with van der Waals surface area (Å²) in [6.07, 6.45) is 2.39. The molecule has 4 rings (SSSR count). The fourth-order valence-corrected chi connectivity index (χ4v) is 4.09. The van der Waals surface area contributed by atoms with Gasteiger partial charge in [-0.3, -0.25) is 4.21 Å². The Balaban J connectivity index is 1.62. The minimum atomic E-state index is -1.05. The Bertz CT molecular complexity index is 1240. The third-order valence-corrected chi connectivity index (χ3v) is 6.47. The van der Waals surface area contributed by atoms with E-state index in [1.807, 2.05) is 62.4 Å². The van der Waals surface area contributed by atoms with Gasteiger partial charge in [0.25, 0.3) is 5.89 Å². The van der Waals surface area contributed by atoms with Gasteiger partial charge >= 0.3 is 0 Å². The second kappa shape index (κ2) is 9.37. The first kappa shape index (κ1) is 21.8. The molecule has 1 atom stereocenters. The Morgan fingerprint density at radius 3 is 2.28 bits per heavy atom. The Morgan fingerprint density at radius 1 is 0.969 bits per heavy atom. The van der Waals surface area contributed by atoms with Gasteiger partial charge in [0.05, 0.1) is 22.7 Å². The Hall–Kier alpha value is -3.43. The van der Waals surface area contributed by atoms with Crippen LogP contribution in [0, 0.1) is 0 Å². The minimum absolute atomic E-state index is 0.0485. The molecule has 0 radical (unpaired) electrons. The standard InChI is InChI=1S/C23H24N6O2S/c1-14(2)32(30)18-9-7-16(8-10-18)19-13-26-21(25)20(27-19)23-29-28-22(31-23)17-5-3-15(4-6-17)11-12-24/h3-10,13-14H,11-12,24H2,1-2H3,(H2,25,26). The van der Waals surface area contributed by atoms with E-state index in [4.69, 9.17) is 15.9 Å². The van der Waals surface area contributed by atoms with E-state index in [1.54, 1.807) is 6.20 Å². The molecule has 4 aromatic rings. The monoisotopic (exact) mass is 448 g/mol. The molecule has 0 aliphatic heterocycles. The van der Waals surface area contributed by atoms with E-state index in [0.29, 0.717) is 23.8 Å². The second-order valence-electron chi connectivity index (χ2n) is 7.51. The zero-order chi connectivity index (χ0) is 22.7. The molecule has 0 bridgehead atoms. The third kappa shape index (κ3) is 4.58. The molecule has 0 saturated heterocycles. The van der Waals surface area contributed by atoms with E-state index in [2.05, 4.69) is 20.2 Å². The number of hydrogen-bond donors (Lipinski definition) is 2. The van der Waals surface area contributed by atoms with Crippen LogP contribution in [0.1, 0.15) is 19.4 Å². The summed E-state index contributed by atoms with van der Waals surface area (Å²) in [5.41, 5.74) is 15.3. The van der Waals surface area contributed by atoms with Gasteiger partial charge in [-0.05, 0) is 42.8 Å². The Labute approximate surface area is 188 Å². The van der Waals surface area contributed by atoms with Gasteiger partial charge in [-0.25, -0.2) is 9.97 Å². The summed E-state index contributed by atoms with van der Waals surface area (Å²) in [6, 6.07) is 15.2. The van der Waals surface area contributed by atoms with Crippen LogP contribution in [0.5, 0.6) is 0 Å². The maximum atomic E-state index is 12.3. The van der Waals surface area contributed by atoms with Gasteiger partial charge < -0.3 is 15.9 Å². The number of benzene rings is 2. The maximum absolute atomic E-state index is 12.3. The lowest BCUT2D eigenvalue weighted by atomic mass is 10.1. The molecule has 0 amide bonds. The van der Waals surface area contributed by atoms with E-state index < -0.39 is 10.8 Å². The number of hydrogen-bond acceptors (Lipinski definition) is 8. The molecule has 4 N–H and O–H groups in total. The van der Waals surface area contributed by atoms with Gasteiger partial charge in [-0.15, -0.1) is 10.2 Å². The molecular formula is C23H24N6O2S. The van der Waals surface area contributed by atoms with Gasteiger partial charge in [0.15, 0.2) is 11.5 Å². The summed E-state index contributed by atoms with van der Waals surface area (Å²) in [5.74, 6) is 0.751. The van der Waals surface area contributed by atoms with Crippen LogP contribution in [0.15, 0.2) is 64.0 Å². The average molecular weight is 449 g/mol. The lowest BCUT2D eigenvalue weighted by Gasteiger charge is -2.07. The van der Waals surface area contributed by atoms with Crippen molar-refractivity contribution in [3.8, 4) is 34.3 Å². The van der Waals surface area contributed by atoms with Gasteiger partial charge in [0.2, 0.25) is 5.89 Å². The van der Waals surface area contributed by atoms with E-state index >= 15 is 0 Å². The SMILES string of the molecule is CC(C)S(=O)c1ccc(-c2cnc(N)c(-c3nnc(-c4ccc(CCN)cc4)o3)n2)cc1. The fraction of sp³-hybridized carbons (Fsp3) is 0.217. The van der Waals surface area contributed by atoms with Crippen molar-refractivity contribution in [2.45, 2.75) is 30.4 Å². The number of nitrogens with two attached hydrogens (primary N) is 2. The van der Waals surface area contributed by atoms with Gasteiger partial charge in [-0.2, -0.15) is 0 Å². The summed E-state index contributed by atoms with van der Waals surface area (Å²) in [7, 11) is -1.05. The zero-order valence-corrected chi connectivity index (χ0v) is 18.7. The van der Waals surface area contributed by atoms with Crippen LogP contribution < -0.4 is 11.5 Å². The van der Waals surface area contributed by atoms with Crippen LogP contribution in [0.2, 0.25) is 0 Å². The number of aromatic nitrogens is 4. The largest absolute Gasteiger partial charge is 0.414 e. The van der Waals surface area contributed by atoms with E-state index in [-0.39, 0.29) is 17.0 Å². The van der Waals surface area contributed by atoms with Crippen molar-refractivity contribution in [1.82, 2.24) is 20.2 Å². The quantitative estimate of drug-likeness (QED) is 0.439. The van der Waals surface area contributed by atoms with Crippen molar-refractivity contribution in [3.05, 3.63) is 60.3 Å². The maximum Gasteiger partial charge on any atom is 0.270 e. The highest BCUT2D eigenvalue weighted by atomic mass is 32.2. The molecule has 2 heterocycles. The van der Waals surface area contributed by atoms with Crippen LogP contribution in [-0.2, 0) is 17.2 Å². The molecule has 2 aromatic carbocycles. The fourth-order valence-electron chi connectivity index (χ4n) is 3.14. The number of anilines is 1. The normalized spacial score (nSPS) is 12.2. The molecule has 0 aliphatic rings. The highest BCUT2D eigenvalue weighted by Gasteiger charge is 2.17. The first-order valence-electron chi connectivity index (χ1n) is 10.2. The van der Waals surface area contributed by atoms with Crippen molar-refractivity contribution in [2.75, 3.05) is 12.3 Å².